The number of benzene rings is 1. The van der Waals surface area contributed by atoms with E-state index in [1.54, 1.807) is 18.3 Å². The molecule has 3 nitrogen and oxygen atoms in total. The van der Waals surface area contributed by atoms with Crippen LogP contribution in [0.15, 0.2) is 36.8 Å². The molecule has 0 aliphatic carbocycles. The first-order valence-electron chi connectivity index (χ1n) is 5.94. The van der Waals surface area contributed by atoms with E-state index in [1.165, 1.54) is 18.5 Å². The molecule has 0 atom stereocenters. The molecule has 0 unspecified atom stereocenters. The molecule has 2 rings (SSSR count). The molecular formula is C14H15ClFN3. The Bertz CT molecular complexity index is 555. The lowest BCUT2D eigenvalue weighted by Crippen LogP contribution is -2.28. The second kappa shape index (κ2) is 5.53. The van der Waals surface area contributed by atoms with Crippen LogP contribution >= 0.6 is 11.6 Å². The van der Waals surface area contributed by atoms with Crippen molar-refractivity contribution in [2.24, 2.45) is 0 Å². The second-order valence-corrected chi connectivity index (χ2v) is 5.37. The number of nitrogens with one attached hydrogen (secondary N) is 1. The van der Waals surface area contributed by atoms with E-state index in [0.29, 0.717) is 17.4 Å². The van der Waals surface area contributed by atoms with Gasteiger partial charge in [0.25, 0.3) is 0 Å². The van der Waals surface area contributed by atoms with Gasteiger partial charge < -0.3 is 5.32 Å². The molecule has 0 saturated carbocycles. The van der Waals surface area contributed by atoms with Crippen LogP contribution in [0.5, 0.6) is 0 Å². The number of anilines is 1. The van der Waals surface area contributed by atoms with Gasteiger partial charge in [-0.15, -0.1) is 0 Å². The number of hydrogen-bond acceptors (Lipinski definition) is 3. The minimum absolute atomic E-state index is 0.165. The lowest BCUT2D eigenvalue weighted by Gasteiger charge is -2.26. The molecule has 19 heavy (non-hydrogen) atoms. The Labute approximate surface area is 116 Å². The Morgan fingerprint density at radius 1 is 1.26 bits per heavy atom. The fourth-order valence-corrected chi connectivity index (χ4v) is 1.92. The molecule has 0 amide bonds. The van der Waals surface area contributed by atoms with Crippen molar-refractivity contribution in [3.63, 3.8) is 0 Å². The zero-order valence-corrected chi connectivity index (χ0v) is 11.6. The largest absolute Gasteiger partial charge is 0.368 e. The van der Waals surface area contributed by atoms with Gasteiger partial charge in [-0.1, -0.05) is 37.6 Å². The summed E-state index contributed by atoms with van der Waals surface area (Å²) in [6.07, 6.45) is 2.99. The minimum Gasteiger partial charge on any atom is -0.368 e. The molecule has 1 N–H and O–H groups in total. The van der Waals surface area contributed by atoms with Gasteiger partial charge in [-0.3, -0.25) is 0 Å². The van der Waals surface area contributed by atoms with Gasteiger partial charge in [0.05, 0.1) is 6.20 Å². The van der Waals surface area contributed by atoms with Gasteiger partial charge in [-0.2, -0.15) is 0 Å². The van der Waals surface area contributed by atoms with Gasteiger partial charge in [-0.05, 0) is 17.7 Å². The van der Waals surface area contributed by atoms with E-state index in [0.717, 1.165) is 5.56 Å². The lowest BCUT2D eigenvalue weighted by molar-refractivity contribution is 0.552. The molecule has 1 aromatic carbocycles. The Kier molecular flexibility index (Phi) is 4.00. The van der Waals surface area contributed by atoms with Gasteiger partial charge in [-0.25, -0.2) is 14.4 Å². The van der Waals surface area contributed by atoms with Crippen molar-refractivity contribution in [2.45, 2.75) is 19.3 Å². The molecule has 1 aromatic heterocycles. The molecule has 0 spiro atoms. The molecule has 2 aromatic rings. The summed E-state index contributed by atoms with van der Waals surface area (Å²) in [5.41, 5.74) is 0.883. The first kappa shape index (κ1) is 13.7. The van der Waals surface area contributed by atoms with E-state index in [9.17, 15) is 4.39 Å². The maximum absolute atomic E-state index is 12.9. The third kappa shape index (κ3) is 3.41. The predicted octanol–water partition coefficient (Wildman–Crippen LogP) is 3.66. The molecule has 1 heterocycles. The van der Waals surface area contributed by atoms with Crippen LogP contribution < -0.4 is 5.32 Å². The maximum atomic E-state index is 12.9. The number of hydrogen-bond donors (Lipinski definition) is 1. The van der Waals surface area contributed by atoms with Crippen molar-refractivity contribution in [1.29, 1.82) is 0 Å². The molecule has 5 heteroatoms. The van der Waals surface area contributed by atoms with Crippen molar-refractivity contribution in [3.05, 3.63) is 53.2 Å². The zero-order valence-electron chi connectivity index (χ0n) is 10.8. The topological polar surface area (TPSA) is 37.8 Å². The van der Waals surface area contributed by atoms with Gasteiger partial charge in [0.2, 0.25) is 0 Å². The van der Waals surface area contributed by atoms with Gasteiger partial charge in [0.15, 0.2) is 0 Å². The van der Waals surface area contributed by atoms with Crippen LogP contribution in [0.1, 0.15) is 19.4 Å². The van der Waals surface area contributed by atoms with Crippen LogP contribution in [-0.2, 0) is 5.41 Å². The Morgan fingerprint density at radius 2 is 1.95 bits per heavy atom. The average molecular weight is 280 g/mol. The highest BCUT2D eigenvalue weighted by molar-refractivity contribution is 6.32. The molecule has 100 valence electrons. The Balaban J connectivity index is 2.09. The number of rotatable bonds is 4. The summed E-state index contributed by atoms with van der Waals surface area (Å²) in [5.74, 6) is 0.373. The number of nitrogens with zero attached hydrogens (tertiary/aromatic N) is 2. The van der Waals surface area contributed by atoms with Crippen LogP contribution in [0.25, 0.3) is 0 Å². The van der Waals surface area contributed by atoms with Crippen LogP contribution in [0.3, 0.4) is 0 Å². The van der Waals surface area contributed by atoms with Crippen LogP contribution in [0.4, 0.5) is 10.2 Å². The third-order valence-electron chi connectivity index (χ3n) is 2.99. The highest BCUT2D eigenvalue weighted by Crippen LogP contribution is 2.25. The Morgan fingerprint density at radius 3 is 2.58 bits per heavy atom. The zero-order chi connectivity index (χ0) is 13.9. The summed E-state index contributed by atoms with van der Waals surface area (Å²) in [4.78, 5) is 7.91. The van der Waals surface area contributed by atoms with Crippen molar-refractivity contribution in [1.82, 2.24) is 9.97 Å². The molecular weight excluding hydrogens is 265 g/mol. The van der Waals surface area contributed by atoms with Crippen LogP contribution in [-0.4, -0.2) is 16.5 Å². The van der Waals surface area contributed by atoms with Gasteiger partial charge >= 0.3 is 0 Å². The fraction of sp³-hybridized carbons (Fsp3) is 0.286. The van der Waals surface area contributed by atoms with Crippen molar-refractivity contribution in [3.8, 4) is 0 Å². The lowest BCUT2D eigenvalue weighted by atomic mass is 9.84. The first-order chi connectivity index (χ1) is 8.99. The number of halogens is 2. The van der Waals surface area contributed by atoms with Crippen molar-refractivity contribution < 1.29 is 4.39 Å². The van der Waals surface area contributed by atoms with E-state index >= 15 is 0 Å². The van der Waals surface area contributed by atoms with E-state index in [2.05, 4.69) is 29.1 Å². The van der Waals surface area contributed by atoms with E-state index in [-0.39, 0.29) is 11.2 Å². The van der Waals surface area contributed by atoms with Gasteiger partial charge in [0.1, 0.15) is 23.0 Å². The van der Waals surface area contributed by atoms with Crippen LogP contribution in [0, 0.1) is 5.82 Å². The van der Waals surface area contributed by atoms with Crippen molar-refractivity contribution in [2.75, 3.05) is 11.9 Å². The average Bonchev–Trinajstić information content (AvgIpc) is 2.38. The summed E-state index contributed by atoms with van der Waals surface area (Å²) in [5, 5.41) is 3.67. The van der Waals surface area contributed by atoms with Crippen LogP contribution in [0.2, 0.25) is 5.02 Å². The SMILES string of the molecule is CC(C)(CNc1ncncc1Cl)c1ccc(F)cc1. The van der Waals surface area contributed by atoms with Crippen molar-refractivity contribution >= 4 is 17.4 Å². The summed E-state index contributed by atoms with van der Waals surface area (Å²) in [6, 6.07) is 6.51. The maximum Gasteiger partial charge on any atom is 0.148 e. The summed E-state index contributed by atoms with van der Waals surface area (Å²) in [6.45, 7) is 4.78. The number of aromatic nitrogens is 2. The van der Waals surface area contributed by atoms with E-state index < -0.39 is 0 Å². The highest BCUT2D eigenvalue weighted by Gasteiger charge is 2.21. The molecule has 0 aliphatic rings. The summed E-state index contributed by atoms with van der Waals surface area (Å²) >= 11 is 5.98. The quantitative estimate of drug-likeness (QED) is 0.928. The molecule has 0 bridgehead atoms. The minimum atomic E-state index is -0.230. The monoisotopic (exact) mass is 279 g/mol. The first-order valence-corrected chi connectivity index (χ1v) is 6.32. The highest BCUT2D eigenvalue weighted by atomic mass is 35.5. The normalized spacial score (nSPS) is 11.4. The summed E-state index contributed by atoms with van der Waals surface area (Å²) in [7, 11) is 0. The fourth-order valence-electron chi connectivity index (χ4n) is 1.75. The summed E-state index contributed by atoms with van der Waals surface area (Å²) < 4.78 is 12.9. The molecule has 0 radical (unpaired) electrons. The molecule has 0 fully saturated rings. The van der Waals surface area contributed by atoms with Gasteiger partial charge in [0, 0.05) is 12.0 Å². The standard InChI is InChI=1S/C14H15ClFN3/c1-14(2,10-3-5-11(16)6-4-10)8-18-13-12(15)7-17-9-19-13/h3-7,9H,8H2,1-2H3,(H,17,18,19). The Hall–Kier alpha value is -1.68. The molecule has 0 saturated heterocycles. The van der Waals surface area contributed by atoms with E-state index in [4.69, 9.17) is 11.6 Å². The molecule has 0 aliphatic heterocycles. The predicted molar refractivity (Wildman–Crippen MR) is 75.0 cm³/mol. The van der Waals surface area contributed by atoms with E-state index in [1.807, 2.05) is 0 Å². The smallest absolute Gasteiger partial charge is 0.148 e. The second-order valence-electron chi connectivity index (χ2n) is 4.96. The third-order valence-corrected chi connectivity index (χ3v) is 3.27.